The largest absolute Gasteiger partial charge is 0.328 e. The maximum atomic E-state index is 14.0. The molecular formula is C17H13Cl3FN3. The van der Waals surface area contributed by atoms with E-state index in [1.165, 1.54) is 6.07 Å². The van der Waals surface area contributed by atoms with Crippen LogP contribution in [0.2, 0.25) is 15.1 Å². The summed E-state index contributed by atoms with van der Waals surface area (Å²) in [6, 6.07) is 9.75. The zero-order valence-corrected chi connectivity index (χ0v) is 14.7. The molecular weight excluding hydrogens is 372 g/mol. The first-order valence-corrected chi connectivity index (χ1v) is 8.27. The zero-order chi connectivity index (χ0) is 17.3. The standard InChI is InChI=1S/C17H13Cl3FN3/c18-10-4-5-11(14(20)6-10)17-16(7-22)24(9-23-17)8-12-13(19)2-1-3-15(12)21/h1-6,9H,7-8,22H2. The van der Waals surface area contributed by atoms with Crippen molar-refractivity contribution in [1.29, 1.82) is 0 Å². The summed E-state index contributed by atoms with van der Waals surface area (Å²) >= 11 is 18.3. The Morgan fingerprint density at radius 3 is 2.54 bits per heavy atom. The second-order valence-electron chi connectivity index (χ2n) is 5.20. The Morgan fingerprint density at radius 1 is 1.08 bits per heavy atom. The van der Waals surface area contributed by atoms with E-state index in [1.807, 2.05) is 0 Å². The van der Waals surface area contributed by atoms with Crippen molar-refractivity contribution < 1.29 is 4.39 Å². The Kier molecular flexibility index (Phi) is 5.11. The third-order valence-electron chi connectivity index (χ3n) is 3.72. The lowest BCUT2D eigenvalue weighted by Crippen LogP contribution is -2.10. The van der Waals surface area contributed by atoms with Gasteiger partial charge in [0.1, 0.15) is 5.82 Å². The summed E-state index contributed by atoms with van der Waals surface area (Å²) in [5.41, 5.74) is 8.38. The van der Waals surface area contributed by atoms with E-state index >= 15 is 0 Å². The number of imidazole rings is 1. The van der Waals surface area contributed by atoms with Crippen molar-refractivity contribution in [2.75, 3.05) is 0 Å². The topological polar surface area (TPSA) is 43.8 Å². The van der Waals surface area contributed by atoms with Crippen LogP contribution < -0.4 is 5.73 Å². The van der Waals surface area contributed by atoms with Gasteiger partial charge in [-0.15, -0.1) is 0 Å². The molecule has 0 fully saturated rings. The molecule has 0 saturated carbocycles. The third kappa shape index (κ3) is 3.28. The summed E-state index contributed by atoms with van der Waals surface area (Å²) in [5.74, 6) is -0.370. The summed E-state index contributed by atoms with van der Waals surface area (Å²) in [4.78, 5) is 4.39. The summed E-state index contributed by atoms with van der Waals surface area (Å²) in [5, 5.41) is 1.37. The van der Waals surface area contributed by atoms with Gasteiger partial charge in [0.25, 0.3) is 0 Å². The lowest BCUT2D eigenvalue weighted by molar-refractivity contribution is 0.595. The number of benzene rings is 2. The number of hydrogen-bond acceptors (Lipinski definition) is 2. The van der Waals surface area contributed by atoms with E-state index in [4.69, 9.17) is 40.5 Å². The van der Waals surface area contributed by atoms with E-state index in [1.54, 1.807) is 41.2 Å². The van der Waals surface area contributed by atoms with E-state index < -0.39 is 0 Å². The van der Waals surface area contributed by atoms with Gasteiger partial charge in [-0.1, -0.05) is 40.9 Å². The zero-order valence-electron chi connectivity index (χ0n) is 12.4. The van der Waals surface area contributed by atoms with E-state index in [9.17, 15) is 4.39 Å². The lowest BCUT2D eigenvalue weighted by Gasteiger charge is -2.11. The maximum Gasteiger partial charge on any atom is 0.129 e. The molecule has 7 heteroatoms. The Labute approximate surface area is 153 Å². The van der Waals surface area contributed by atoms with Crippen LogP contribution in [0.4, 0.5) is 4.39 Å². The van der Waals surface area contributed by atoms with Crippen LogP contribution in [0.3, 0.4) is 0 Å². The number of halogens is 4. The van der Waals surface area contributed by atoms with Crippen molar-refractivity contribution in [3.05, 3.63) is 74.9 Å². The fraction of sp³-hybridized carbons (Fsp3) is 0.118. The first-order chi connectivity index (χ1) is 11.5. The van der Waals surface area contributed by atoms with Gasteiger partial charge in [0.15, 0.2) is 0 Å². The molecule has 0 aliphatic carbocycles. The van der Waals surface area contributed by atoms with Crippen LogP contribution in [0.1, 0.15) is 11.3 Å². The molecule has 3 rings (SSSR count). The van der Waals surface area contributed by atoms with Crippen LogP contribution in [-0.4, -0.2) is 9.55 Å². The number of nitrogens with two attached hydrogens (primary N) is 1. The molecule has 0 atom stereocenters. The molecule has 1 aromatic heterocycles. The van der Waals surface area contributed by atoms with Gasteiger partial charge in [-0.25, -0.2) is 9.37 Å². The first kappa shape index (κ1) is 17.2. The second kappa shape index (κ2) is 7.11. The quantitative estimate of drug-likeness (QED) is 0.675. The van der Waals surface area contributed by atoms with Crippen molar-refractivity contribution in [3.8, 4) is 11.3 Å². The Balaban J connectivity index is 2.04. The number of rotatable bonds is 4. The number of aromatic nitrogens is 2. The highest BCUT2D eigenvalue weighted by molar-refractivity contribution is 6.36. The molecule has 0 radical (unpaired) electrons. The second-order valence-corrected chi connectivity index (χ2v) is 6.45. The van der Waals surface area contributed by atoms with Crippen LogP contribution in [0.5, 0.6) is 0 Å². The van der Waals surface area contributed by atoms with Crippen LogP contribution in [0.25, 0.3) is 11.3 Å². The lowest BCUT2D eigenvalue weighted by atomic mass is 10.1. The highest BCUT2D eigenvalue weighted by Crippen LogP contribution is 2.32. The molecule has 0 saturated heterocycles. The molecule has 0 bridgehead atoms. The van der Waals surface area contributed by atoms with Gasteiger partial charge < -0.3 is 10.3 Å². The molecule has 24 heavy (non-hydrogen) atoms. The molecule has 0 unspecified atom stereocenters. The molecule has 2 aromatic carbocycles. The predicted octanol–water partition coefficient (Wildman–Crippen LogP) is 5.16. The fourth-order valence-corrected chi connectivity index (χ4v) is 3.24. The average molecular weight is 385 g/mol. The summed E-state index contributed by atoms with van der Waals surface area (Å²) < 4.78 is 15.8. The molecule has 3 aromatic rings. The van der Waals surface area contributed by atoms with E-state index in [0.29, 0.717) is 26.3 Å². The van der Waals surface area contributed by atoms with Crippen LogP contribution in [0.15, 0.2) is 42.7 Å². The van der Waals surface area contributed by atoms with Crippen LogP contribution in [-0.2, 0) is 13.1 Å². The van der Waals surface area contributed by atoms with Crippen molar-refractivity contribution in [2.24, 2.45) is 5.73 Å². The highest BCUT2D eigenvalue weighted by atomic mass is 35.5. The predicted molar refractivity (Wildman–Crippen MR) is 96.1 cm³/mol. The monoisotopic (exact) mass is 383 g/mol. The number of hydrogen-bond donors (Lipinski definition) is 1. The smallest absolute Gasteiger partial charge is 0.129 e. The van der Waals surface area contributed by atoms with Crippen molar-refractivity contribution in [2.45, 2.75) is 13.1 Å². The molecule has 124 valence electrons. The normalized spacial score (nSPS) is 11.0. The molecule has 0 aliphatic rings. The Bertz CT molecular complexity index is 873. The molecule has 0 amide bonds. The maximum absolute atomic E-state index is 14.0. The summed E-state index contributed by atoms with van der Waals surface area (Å²) in [7, 11) is 0. The van der Waals surface area contributed by atoms with Crippen LogP contribution >= 0.6 is 34.8 Å². The van der Waals surface area contributed by atoms with Gasteiger partial charge in [-0.2, -0.15) is 0 Å². The molecule has 1 heterocycles. The van der Waals surface area contributed by atoms with Gasteiger partial charge in [0.05, 0.1) is 29.3 Å². The van der Waals surface area contributed by atoms with E-state index in [-0.39, 0.29) is 18.9 Å². The third-order valence-corrected chi connectivity index (χ3v) is 4.62. The highest BCUT2D eigenvalue weighted by Gasteiger charge is 2.16. The Hall–Kier alpha value is -1.59. The van der Waals surface area contributed by atoms with Gasteiger partial charge in [-0.3, -0.25) is 0 Å². The fourth-order valence-electron chi connectivity index (χ4n) is 2.52. The average Bonchev–Trinajstić information content (AvgIpc) is 2.93. The first-order valence-electron chi connectivity index (χ1n) is 7.13. The van der Waals surface area contributed by atoms with Crippen molar-refractivity contribution in [3.63, 3.8) is 0 Å². The van der Waals surface area contributed by atoms with E-state index in [0.717, 1.165) is 11.3 Å². The minimum absolute atomic E-state index is 0.223. The molecule has 0 spiro atoms. The Morgan fingerprint density at radius 2 is 1.88 bits per heavy atom. The summed E-state index contributed by atoms with van der Waals surface area (Å²) in [6.07, 6.45) is 1.60. The van der Waals surface area contributed by atoms with Gasteiger partial charge in [0.2, 0.25) is 0 Å². The SMILES string of the molecule is NCc1c(-c2ccc(Cl)cc2Cl)ncn1Cc1c(F)cccc1Cl. The molecule has 3 nitrogen and oxygen atoms in total. The molecule has 0 aliphatic heterocycles. The van der Waals surface area contributed by atoms with Crippen LogP contribution in [0, 0.1) is 5.82 Å². The minimum atomic E-state index is -0.370. The molecule has 2 N–H and O–H groups in total. The van der Waals surface area contributed by atoms with E-state index in [2.05, 4.69) is 4.98 Å². The minimum Gasteiger partial charge on any atom is -0.328 e. The van der Waals surface area contributed by atoms with Gasteiger partial charge in [-0.05, 0) is 30.3 Å². The van der Waals surface area contributed by atoms with Crippen molar-refractivity contribution >= 4 is 34.8 Å². The van der Waals surface area contributed by atoms with Crippen molar-refractivity contribution in [1.82, 2.24) is 9.55 Å². The van der Waals surface area contributed by atoms with Gasteiger partial charge >= 0.3 is 0 Å². The van der Waals surface area contributed by atoms with Gasteiger partial charge in [0, 0.05) is 27.7 Å². The summed E-state index contributed by atoms with van der Waals surface area (Å²) in [6.45, 7) is 0.455. The number of nitrogens with zero attached hydrogens (tertiary/aromatic N) is 2.